The molecular formula is C19H17N3O. The molecular weight excluding hydrogens is 286 g/mol. The third-order valence-electron chi connectivity index (χ3n) is 4.55. The molecule has 0 saturated heterocycles. The van der Waals surface area contributed by atoms with Crippen molar-refractivity contribution < 1.29 is 0 Å². The van der Waals surface area contributed by atoms with Gasteiger partial charge >= 0.3 is 0 Å². The Balaban J connectivity index is 1.97. The summed E-state index contributed by atoms with van der Waals surface area (Å²) in [5.74, 6) is 0.0756. The van der Waals surface area contributed by atoms with E-state index in [0.29, 0.717) is 5.39 Å². The molecule has 2 heterocycles. The maximum Gasteiger partial charge on any atom is 0.272 e. The zero-order valence-electron chi connectivity index (χ0n) is 13.1. The minimum absolute atomic E-state index is 0.0756. The van der Waals surface area contributed by atoms with E-state index in [1.807, 2.05) is 30.5 Å². The molecule has 4 rings (SSSR count). The van der Waals surface area contributed by atoms with Gasteiger partial charge in [0.1, 0.15) is 0 Å². The van der Waals surface area contributed by atoms with Gasteiger partial charge in [-0.1, -0.05) is 37.3 Å². The lowest BCUT2D eigenvalue weighted by Crippen LogP contribution is -2.12. The fourth-order valence-corrected chi connectivity index (χ4v) is 3.35. The average molecular weight is 303 g/mol. The standard InChI is InChI=1S/C19H17N3O/c1-11-6-5-9-16-17(11)15(10-20-16)12(2)18-13-7-3-4-8-14(13)19(23)22-21-18/h3-10,12,20H,1-2H3,(H,22,23). The topological polar surface area (TPSA) is 61.5 Å². The molecule has 0 amide bonds. The van der Waals surface area contributed by atoms with Crippen LogP contribution in [-0.4, -0.2) is 15.2 Å². The van der Waals surface area contributed by atoms with E-state index in [1.54, 1.807) is 0 Å². The fraction of sp³-hybridized carbons (Fsp3) is 0.158. The first kappa shape index (κ1) is 13.8. The van der Waals surface area contributed by atoms with E-state index in [2.05, 4.69) is 47.2 Å². The SMILES string of the molecule is Cc1cccc2[nH]cc(C(C)c3n[nH]c(=O)c4ccccc34)c12. The summed E-state index contributed by atoms with van der Waals surface area (Å²) >= 11 is 0. The Morgan fingerprint density at radius 3 is 2.65 bits per heavy atom. The number of hydrogen-bond donors (Lipinski definition) is 2. The lowest BCUT2D eigenvalue weighted by Gasteiger charge is -2.13. The summed E-state index contributed by atoms with van der Waals surface area (Å²) in [6.45, 7) is 4.24. The van der Waals surface area contributed by atoms with E-state index >= 15 is 0 Å². The number of hydrogen-bond acceptors (Lipinski definition) is 2. The van der Waals surface area contributed by atoms with Crippen LogP contribution in [0.3, 0.4) is 0 Å². The van der Waals surface area contributed by atoms with Gasteiger partial charge in [0.05, 0.1) is 11.1 Å². The molecule has 0 aliphatic rings. The number of nitrogens with one attached hydrogen (secondary N) is 2. The molecule has 0 fully saturated rings. The summed E-state index contributed by atoms with van der Waals surface area (Å²) < 4.78 is 0. The molecule has 114 valence electrons. The lowest BCUT2D eigenvalue weighted by atomic mass is 9.92. The molecule has 0 spiro atoms. The molecule has 0 saturated carbocycles. The van der Waals surface area contributed by atoms with E-state index in [1.165, 1.54) is 16.5 Å². The Bertz CT molecular complexity index is 1070. The minimum Gasteiger partial charge on any atom is -0.361 e. The third kappa shape index (κ3) is 2.06. The molecule has 0 aliphatic heterocycles. The zero-order valence-corrected chi connectivity index (χ0v) is 13.1. The van der Waals surface area contributed by atoms with Gasteiger partial charge in [-0.3, -0.25) is 4.79 Å². The maximum absolute atomic E-state index is 12.0. The van der Waals surface area contributed by atoms with Gasteiger partial charge in [0.2, 0.25) is 0 Å². The van der Waals surface area contributed by atoms with Gasteiger partial charge in [-0.05, 0) is 30.2 Å². The van der Waals surface area contributed by atoms with Crippen molar-refractivity contribution in [3.05, 3.63) is 75.8 Å². The Hall–Kier alpha value is -2.88. The monoisotopic (exact) mass is 303 g/mol. The normalized spacial score (nSPS) is 12.8. The molecule has 4 heteroatoms. The second-order valence-electron chi connectivity index (χ2n) is 5.95. The van der Waals surface area contributed by atoms with Crippen LogP contribution >= 0.6 is 0 Å². The van der Waals surface area contributed by atoms with Crippen molar-refractivity contribution in [3.63, 3.8) is 0 Å². The van der Waals surface area contributed by atoms with Crippen LogP contribution in [0.4, 0.5) is 0 Å². The van der Waals surface area contributed by atoms with E-state index in [4.69, 9.17) is 0 Å². The first-order valence-corrected chi connectivity index (χ1v) is 7.70. The largest absolute Gasteiger partial charge is 0.361 e. The molecule has 4 aromatic rings. The Labute approximate surface area is 133 Å². The Morgan fingerprint density at radius 2 is 1.83 bits per heavy atom. The number of fused-ring (bicyclic) bond motifs is 2. The zero-order chi connectivity index (χ0) is 16.0. The molecule has 1 unspecified atom stereocenters. The Morgan fingerprint density at radius 1 is 1.04 bits per heavy atom. The molecule has 0 aliphatic carbocycles. The highest BCUT2D eigenvalue weighted by atomic mass is 16.1. The van der Waals surface area contributed by atoms with E-state index in [9.17, 15) is 4.79 Å². The quantitative estimate of drug-likeness (QED) is 0.590. The van der Waals surface area contributed by atoms with Crippen LogP contribution in [0.5, 0.6) is 0 Å². The van der Waals surface area contributed by atoms with Gasteiger partial charge in [0, 0.05) is 28.4 Å². The molecule has 0 radical (unpaired) electrons. The molecule has 2 aromatic carbocycles. The highest BCUT2D eigenvalue weighted by molar-refractivity contribution is 5.89. The number of aromatic nitrogens is 3. The van der Waals surface area contributed by atoms with E-state index in [0.717, 1.165) is 16.6 Å². The van der Waals surface area contributed by atoms with Crippen molar-refractivity contribution in [1.82, 2.24) is 15.2 Å². The Kier molecular flexibility index (Phi) is 3.05. The molecule has 1 atom stereocenters. The molecule has 23 heavy (non-hydrogen) atoms. The summed E-state index contributed by atoms with van der Waals surface area (Å²) in [4.78, 5) is 15.3. The predicted molar refractivity (Wildman–Crippen MR) is 92.9 cm³/mol. The number of aromatic amines is 2. The van der Waals surface area contributed by atoms with Crippen molar-refractivity contribution in [2.75, 3.05) is 0 Å². The van der Waals surface area contributed by atoms with Gasteiger partial charge in [0.15, 0.2) is 0 Å². The minimum atomic E-state index is -0.147. The van der Waals surface area contributed by atoms with Gasteiger partial charge in [-0.25, -0.2) is 5.10 Å². The van der Waals surface area contributed by atoms with E-state index in [-0.39, 0.29) is 11.5 Å². The number of nitrogens with zero attached hydrogens (tertiary/aromatic N) is 1. The molecule has 2 N–H and O–H groups in total. The lowest BCUT2D eigenvalue weighted by molar-refractivity contribution is 0.834. The van der Waals surface area contributed by atoms with Crippen LogP contribution in [0.25, 0.3) is 21.7 Å². The van der Waals surface area contributed by atoms with Crippen LogP contribution in [0.15, 0.2) is 53.5 Å². The second-order valence-corrected chi connectivity index (χ2v) is 5.95. The highest BCUT2D eigenvalue weighted by Gasteiger charge is 2.19. The predicted octanol–water partition coefficient (Wildman–Crippen LogP) is 3.86. The van der Waals surface area contributed by atoms with Crippen molar-refractivity contribution >= 4 is 21.7 Å². The number of rotatable bonds is 2. The van der Waals surface area contributed by atoms with Crippen molar-refractivity contribution in [2.24, 2.45) is 0 Å². The van der Waals surface area contributed by atoms with Crippen LogP contribution in [-0.2, 0) is 0 Å². The van der Waals surface area contributed by atoms with Gasteiger partial charge in [-0.15, -0.1) is 0 Å². The summed E-state index contributed by atoms with van der Waals surface area (Å²) in [6.07, 6.45) is 2.05. The third-order valence-corrected chi connectivity index (χ3v) is 4.55. The number of aryl methyl sites for hydroxylation is 1. The first-order chi connectivity index (χ1) is 11.2. The molecule has 2 aromatic heterocycles. The molecule has 0 bridgehead atoms. The summed E-state index contributed by atoms with van der Waals surface area (Å²) in [7, 11) is 0. The van der Waals surface area contributed by atoms with Crippen LogP contribution < -0.4 is 5.56 Å². The summed E-state index contributed by atoms with van der Waals surface area (Å²) in [5, 5.41) is 9.80. The second kappa shape index (κ2) is 5.09. The van der Waals surface area contributed by atoms with E-state index < -0.39 is 0 Å². The fourth-order valence-electron chi connectivity index (χ4n) is 3.35. The van der Waals surface area contributed by atoms with Gasteiger partial charge in [0.25, 0.3) is 5.56 Å². The number of H-pyrrole nitrogens is 2. The number of benzene rings is 2. The van der Waals surface area contributed by atoms with Crippen LogP contribution in [0.2, 0.25) is 0 Å². The summed E-state index contributed by atoms with van der Waals surface area (Å²) in [5.41, 5.74) is 4.30. The van der Waals surface area contributed by atoms with Crippen LogP contribution in [0, 0.1) is 6.92 Å². The maximum atomic E-state index is 12.0. The van der Waals surface area contributed by atoms with Crippen LogP contribution in [0.1, 0.15) is 29.7 Å². The van der Waals surface area contributed by atoms with Gasteiger partial charge in [-0.2, -0.15) is 5.10 Å². The first-order valence-electron chi connectivity index (χ1n) is 7.70. The molecule has 4 nitrogen and oxygen atoms in total. The van der Waals surface area contributed by atoms with Crippen molar-refractivity contribution in [2.45, 2.75) is 19.8 Å². The van der Waals surface area contributed by atoms with Gasteiger partial charge < -0.3 is 4.98 Å². The highest BCUT2D eigenvalue weighted by Crippen LogP contribution is 2.33. The van der Waals surface area contributed by atoms with Crippen molar-refractivity contribution in [1.29, 1.82) is 0 Å². The summed E-state index contributed by atoms with van der Waals surface area (Å²) in [6, 6.07) is 13.9. The van der Waals surface area contributed by atoms with Crippen molar-refractivity contribution in [3.8, 4) is 0 Å². The average Bonchev–Trinajstić information content (AvgIpc) is 3.00. The smallest absolute Gasteiger partial charge is 0.272 e.